The number of ether oxygens (including phenoxy) is 1. The molecule has 2 heterocycles. The number of rotatable bonds is 5. The predicted octanol–water partition coefficient (Wildman–Crippen LogP) is 5.00. The Hall–Kier alpha value is -1.76. The van der Waals surface area contributed by atoms with E-state index in [1.54, 1.807) is 20.8 Å². The minimum absolute atomic E-state index is 0.123. The smallest absolute Gasteiger partial charge is 0.340 e. The minimum Gasteiger partial charge on any atom is -0.462 e. The van der Waals surface area contributed by atoms with E-state index >= 15 is 0 Å². The highest BCUT2D eigenvalue weighted by molar-refractivity contribution is 6.42. The van der Waals surface area contributed by atoms with E-state index in [1.165, 1.54) is 6.07 Å². The zero-order valence-electron chi connectivity index (χ0n) is 14.1. The van der Waals surface area contributed by atoms with E-state index in [1.807, 2.05) is 6.92 Å². The monoisotopic (exact) mass is 402 g/mol. The first kappa shape index (κ1) is 19.6. The number of esters is 1. The third-order valence-electron chi connectivity index (χ3n) is 3.50. The zero-order chi connectivity index (χ0) is 18.7. The number of nitrogens with zero attached hydrogens (tertiary/aromatic N) is 2. The highest BCUT2D eigenvalue weighted by Gasteiger charge is 2.20. The summed E-state index contributed by atoms with van der Waals surface area (Å²) in [5, 5.41) is 4.92. The number of halogens is 3. The van der Waals surface area contributed by atoms with Crippen LogP contribution in [0.15, 0.2) is 11.2 Å². The van der Waals surface area contributed by atoms with E-state index in [2.05, 4.69) is 20.5 Å². The Morgan fingerprint density at radius 3 is 2.64 bits per heavy atom. The summed E-state index contributed by atoms with van der Waals surface area (Å²) in [5.74, 6) is -0.0862. The van der Waals surface area contributed by atoms with Gasteiger partial charge in [0.1, 0.15) is 5.15 Å². The highest BCUT2D eigenvalue weighted by Crippen LogP contribution is 2.29. The van der Waals surface area contributed by atoms with Crippen molar-refractivity contribution >= 4 is 52.3 Å². The van der Waals surface area contributed by atoms with Gasteiger partial charge in [0, 0.05) is 5.69 Å². The summed E-state index contributed by atoms with van der Waals surface area (Å²) < 4.78 is 5.08. The number of hydrazone groups is 1. The van der Waals surface area contributed by atoms with Crippen molar-refractivity contribution in [2.75, 3.05) is 12.0 Å². The first-order valence-corrected chi connectivity index (χ1v) is 8.58. The average molecular weight is 404 g/mol. The summed E-state index contributed by atoms with van der Waals surface area (Å²) in [4.78, 5) is 19.2. The number of H-pyrrole nitrogens is 1. The molecule has 0 unspecified atom stereocenters. The number of aromatic nitrogens is 2. The Kier molecular flexibility index (Phi) is 6.32. The number of hydrogen-bond acceptors (Lipinski definition) is 5. The summed E-state index contributed by atoms with van der Waals surface area (Å²) in [7, 11) is 0. The molecule has 0 saturated heterocycles. The van der Waals surface area contributed by atoms with Crippen LogP contribution in [0.3, 0.4) is 0 Å². The zero-order valence-corrected chi connectivity index (χ0v) is 16.4. The molecule has 0 aliphatic carbocycles. The van der Waals surface area contributed by atoms with Crippen LogP contribution in [0, 0.1) is 13.8 Å². The van der Waals surface area contributed by atoms with Crippen LogP contribution in [0.25, 0.3) is 0 Å². The fourth-order valence-corrected chi connectivity index (χ4v) is 2.88. The SMILES string of the molecule is CCOC(=O)c1c(C)[nH]c(/C(C)=N/Nc2nc(Cl)c(Cl)cc2Cl)c1C. The van der Waals surface area contributed by atoms with Crippen molar-refractivity contribution in [2.45, 2.75) is 27.7 Å². The maximum Gasteiger partial charge on any atom is 0.340 e. The van der Waals surface area contributed by atoms with Gasteiger partial charge in [-0.05, 0) is 39.3 Å². The van der Waals surface area contributed by atoms with E-state index in [9.17, 15) is 4.79 Å². The van der Waals surface area contributed by atoms with Gasteiger partial charge < -0.3 is 9.72 Å². The minimum atomic E-state index is -0.366. The van der Waals surface area contributed by atoms with E-state index in [0.29, 0.717) is 29.3 Å². The third kappa shape index (κ3) is 4.26. The molecule has 2 N–H and O–H groups in total. The van der Waals surface area contributed by atoms with Crippen LogP contribution < -0.4 is 5.43 Å². The molecule has 2 aromatic rings. The molecule has 0 fully saturated rings. The number of hydrogen-bond donors (Lipinski definition) is 2. The maximum atomic E-state index is 12.1. The van der Waals surface area contributed by atoms with Gasteiger partial charge >= 0.3 is 5.97 Å². The Balaban J connectivity index is 2.30. The number of anilines is 1. The highest BCUT2D eigenvalue weighted by atomic mass is 35.5. The summed E-state index contributed by atoms with van der Waals surface area (Å²) in [5.41, 5.74) is 6.06. The van der Waals surface area contributed by atoms with Crippen molar-refractivity contribution in [2.24, 2.45) is 5.10 Å². The van der Waals surface area contributed by atoms with Crippen LogP contribution >= 0.6 is 34.8 Å². The molecule has 0 bridgehead atoms. The van der Waals surface area contributed by atoms with Crippen molar-refractivity contribution in [1.82, 2.24) is 9.97 Å². The van der Waals surface area contributed by atoms with Gasteiger partial charge in [-0.15, -0.1) is 0 Å². The summed E-state index contributed by atoms with van der Waals surface area (Å²) in [6.07, 6.45) is 0. The van der Waals surface area contributed by atoms with Gasteiger partial charge in [-0.25, -0.2) is 9.78 Å². The standard InChI is InChI=1S/C16H17Cl3N4O2/c1-5-25-16(24)12-7(2)13(20-8(12)3)9(4)22-23-15-11(18)6-10(17)14(19)21-15/h6,20H,5H2,1-4H3,(H,21,23)/b22-9+. The predicted molar refractivity (Wildman–Crippen MR) is 101 cm³/mol. The first-order valence-electron chi connectivity index (χ1n) is 7.44. The molecule has 2 aromatic heterocycles. The average Bonchev–Trinajstić information content (AvgIpc) is 2.84. The van der Waals surface area contributed by atoms with Gasteiger partial charge in [0.05, 0.1) is 33.6 Å². The molecule has 0 aromatic carbocycles. The number of aromatic amines is 1. The molecule has 2 rings (SSSR count). The van der Waals surface area contributed by atoms with Crippen molar-refractivity contribution in [3.8, 4) is 0 Å². The third-order valence-corrected chi connectivity index (χ3v) is 4.46. The van der Waals surface area contributed by atoms with Crippen LogP contribution in [0.2, 0.25) is 15.2 Å². The molecule has 0 radical (unpaired) electrons. The number of nitrogens with one attached hydrogen (secondary N) is 2. The van der Waals surface area contributed by atoms with Gasteiger partial charge in [0.2, 0.25) is 0 Å². The van der Waals surface area contributed by atoms with E-state index < -0.39 is 0 Å². The maximum absolute atomic E-state index is 12.1. The topological polar surface area (TPSA) is 79.4 Å². The van der Waals surface area contributed by atoms with Crippen LogP contribution in [0.5, 0.6) is 0 Å². The lowest BCUT2D eigenvalue weighted by molar-refractivity contribution is 0.0525. The van der Waals surface area contributed by atoms with Crippen LogP contribution in [-0.2, 0) is 4.74 Å². The largest absolute Gasteiger partial charge is 0.462 e. The molecule has 0 spiro atoms. The molecule has 6 nitrogen and oxygen atoms in total. The second-order valence-corrected chi connectivity index (χ2v) is 6.42. The fourth-order valence-electron chi connectivity index (χ4n) is 2.34. The van der Waals surface area contributed by atoms with Crippen molar-refractivity contribution in [3.05, 3.63) is 43.8 Å². The number of carbonyl (C=O) groups excluding carboxylic acids is 1. The number of pyridine rings is 1. The first-order chi connectivity index (χ1) is 11.8. The number of carbonyl (C=O) groups is 1. The molecule has 0 aliphatic rings. The lowest BCUT2D eigenvalue weighted by Crippen LogP contribution is -2.07. The van der Waals surface area contributed by atoms with Crippen LogP contribution in [-0.4, -0.2) is 28.3 Å². The molecule has 0 amide bonds. The van der Waals surface area contributed by atoms with E-state index in [0.717, 1.165) is 5.56 Å². The molecule has 0 atom stereocenters. The summed E-state index contributed by atoms with van der Waals surface area (Å²) in [6, 6.07) is 1.48. The molecule has 134 valence electrons. The van der Waals surface area contributed by atoms with E-state index in [-0.39, 0.29) is 27.0 Å². The van der Waals surface area contributed by atoms with E-state index in [4.69, 9.17) is 39.5 Å². The lowest BCUT2D eigenvalue weighted by atomic mass is 10.1. The summed E-state index contributed by atoms with van der Waals surface area (Å²) >= 11 is 17.8. The molecule has 0 saturated carbocycles. The number of aryl methyl sites for hydroxylation is 1. The van der Waals surface area contributed by atoms with Crippen molar-refractivity contribution in [1.29, 1.82) is 0 Å². The van der Waals surface area contributed by atoms with Crippen molar-refractivity contribution in [3.63, 3.8) is 0 Å². The van der Waals surface area contributed by atoms with Crippen LogP contribution in [0.1, 0.15) is 41.2 Å². The van der Waals surface area contributed by atoms with Gasteiger partial charge in [0.15, 0.2) is 5.82 Å². The second kappa shape index (κ2) is 8.08. The second-order valence-electron chi connectivity index (χ2n) is 5.25. The Morgan fingerprint density at radius 1 is 1.32 bits per heavy atom. The van der Waals surface area contributed by atoms with Crippen LogP contribution in [0.4, 0.5) is 5.82 Å². The quantitative estimate of drug-likeness (QED) is 0.319. The van der Waals surface area contributed by atoms with Gasteiger partial charge in [-0.2, -0.15) is 5.10 Å². The van der Waals surface area contributed by atoms with Gasteiger partial charge in [-0.3, -0.25) is 5.43 Å². The molecule has 25 heavy (non-hydrogen) atoms. The molecule has 9 heteroatoms. The van der Waals surface area contributed by atoms with Crippen molar-refractivity contribution < 1.29 is 9.53 Å². The molecular formula is C16H17Cl3N4O2. The van der Waals surface area contributed by atoms with Gasteiger partial charge in [0.25, 0.3) is 0 Å². The Labute approximate surface area is 160 Å². The Bertz CT molecular complexity index is 846. The van der Waals surface area contributed by atoms with Gasteiger partial charge in [-0.1, -0.05) is 34.8 Å². The normalized spacial score (nSPS) is 11.6. The summed E-state index contributed by atoms with van der Waals surface area (Å²) in [6.45, 7) is 7.50. The molecule has 0 aliphatic heterocycles. The lowest BCUT2D eigenvalue weighted by Gasteiger charge is -2.06. The Morgan fingerprint density at radius 2 is 2.00 bits per heavy atom. The molecular weight excluding hydrogens is 387 g/mol. The fraction of sp³-hybridized carbons (Fsp3) is 0.312.